The molecule has 0 fully saturated rings. The van der Waals surface area contributed by atoms with Gasteiger partial charge < -0.3 is 15.8 Å². The molecule has 1 aromatic heterocycles. The number of ether oxygens (including phenoxy) is 1. The van der Waals surface area contributed by atoms with Crippen LogP contribution in [0.3, 0.4) is 0 Å². The molecule has 3 N–H and O–H groups in total. The van der Waals surface area contributed by atoms with Crippen molar-refractivity contribution in [1.82, 2.24) is 25.4 Å². The summed E-state index contributed by atoms with van der Waals surface area (Å²) in [7, 11) is 3.65. The number of carbonyl (C=O) groups is 2. The van der Waals surface area contributed by atoms with Crippen LogP contribution in [0, 0.1) is 3.57 Å². The topological polar surface area (TPSA) is 104 Å². The maximum atomic E-state index is 13.2. The molecule has 1 aliphatic rings. The van der Waals surface area contributed by atoms with Crippen LogP contribution in [-0.2, 0) is 4.79 Å². The van der Waals surface area contributed by atoms with Gasteiger partial charge in [-0.3, -0.25) is 9.59 Å². The van der Waals surface area contributed by atoms with Gasteiger partial charge in [-0.25, -0.2) is 15.1 Å². The standard InChI is InChI=1S/C20H31IN6O3/c1-6-9-10-30-20-14(11-13(21)12-23-20)19(29)24-16-15(7-2)26(8-3)27(25(4)5)17(16)18(22)28/h11-12,15H,6-10H2,1-5H3,(H2,22,28)(H,24,29). The number of hydrogen-bond acceptors (Lipinski definition) is 7. The number of hydrazine groups is 2. The fraction of sp³-hybridized carbons (Fsp3) is 0.550. The Morgan fingerprint density at radius 1 is 1.33 bits per heavy atom. The number of carbonyl (C=O) groups excluding carboxylic acids is 2. The molecule has 30 heavy (non-hydrogen) atoms. The second kappa shape index (κ2) is 10.9. The van der Waals surface area contributed by atoms with E-state index in [2.05, 4.69) is 39.8 Å². The van der Waals surface area contributed by atoms with Crippen LogP contribution in [0.15, 0.2) is 23.7 Å². The second-order valence-electron chi connectivity index (χ2n) is 7.11. The second-order valence-corrected chi connectivity index (χ2v) is 8.35. The van der Waals surface area contributed by atoms with Crippen molar-refractivity contribution in [3.63, 3.8) is 0 Å². The predicted octanol–water partition coefficient (Wildman–Crippen LogP) is 2.10. The molecule has 0 aromatic carbocycles. The number of pyridine rings is 1. The van der Waals surface area contributed by atoms with E-state index in [9.17, 15) is 9.59 Å². The summed E-state index contributed by atoms with van der Waals surface area (Å²) in [4.78, 5) is 29.9. The van der Waals surface area contributed by atoms with E-state index in [0.717, 1.165) is 16.4 Å². The van der Waals surface area contributed by atoms with Gasteiger partial charge in [-0.1, -0.05) is 27.2 Å². The maximum Gasteiger partial charge on any atom is 0.269 e. The molecule has 2 rings (SSSR count). The molecule has 10 heteroatoms. The number of likely N-dealkylation sites (N-methyl/N-ethyl adjacent to an activating group) is 1. The minimum Gasteiger partial charge on any atom is -0.477 e. The lowest BCUT2D eigenvalue weighted by Crippen LogP contribution is -2.50. The maximum absolute atomic E-state index is 13.2. The van der Waals surface area contributed by atoms with E-state index in [-0.39, 0.29) is 23.5 Å². The SMILES string of the molecule is CCCCOc1ncc(I)cc1C(=O)NC1=C(C(N)=O)N(N(C)C)N(CC)C1CC. The zero-order valence-electron chi connectivity index (χ0n) is 18.2. The van der Waals surface area contributed by atoms with Crippen LogP contribution in [0.5, 0.6) is 5.88 Å². The van der Waals surface area contributed by atoms with E-state index in [1.54, 1.807) is 22.4 Å². The first-order chi connectivity index (χ1) is 14.3. The lowest BCUT2D eigenvalue weighted by Gasteiger charge is -2.37. The summed E-state index contributed by atoms with van der Waals surface area (Å²) >= 11 is 2.11. The predicted molar refractivity (Wildman–Crippen MR) is 123 cm³/mol. The third-order valence-electron chi connectivity index (χ3n) is 4.76. The summed E-state index contributed by atoms with van der Waals surface area (Å²) in [5.41, 5.74) is 6.80. The Bertz CT molecular complexity index is 814. The molecule has 0 saturated carbocycles. The van der Waals surface area contributed by atoms with Gasteiger partial charge in [-0.2, -0.15) is 5.01 Å². The molecule has 0 bridgehead atoms. The number of rotatable bonds is 10. The monoisotopic (exact) mass is 530 g/mol. The number of nitrogens with one attached hydrogen (secondary N) is 1. The number of aromatic nitrogens is 1. The average Bonchev–Trinajstić information content (AvgIpc) is 3.02. The number of nitrogens with two attached hydrogens (primary N) is 1. The highest BCUT2D eigenvalue weighted by Crippen LogP contribution is 2.31. The third kappa shape index (κ3) is 5.22. The molecule has 9 nitrogen and oxygen atoms in total. The molecule has 166 valence electrons. The molecular weight excluding hydrogens is 499 g/mol. The van der Waals surface area contributed by atoms with Crippen LogP contribution in [0.25, 0.3) is 0 Å². The Morgan fingerprint density at radius 3 is 2.57 bits per heavy atom. The van der Waals surface area contributed by atoms with E-state index in [0.29, 0.717) is 30.8 Å². The van der Waals surface area contributed by atoms with E-state index >= 15 is 0 Å². The molecule has 2 heterocycles. The molecule has 2 amide bonds. The van der Waals surface area contributed by atoms with E-state index < -0.39 is 5.91 Å². The Morgan fingerprint density at radius 2 is 2.03 bits per heavy atom. The molecule has 0 radical (unpaired) electrons. The fourth-order valence-corrected chi connectivity index (χ4v) is 3.91. The summed E-state index contributed by atoms with van der Waals surface area (Å²) in [6.45, 7) is 7.19. The van der Waals surface area contributed by atoms with Gasteiger partial charge in [0, 0.05) is 30.4 Å². The number of hydrogen-bond donors (Lipinski definition) is 2. The van der Waals surface area contributed by atoms with Crippen LogP contribution in [0.2, 0.25) is 0 Å². The first kappa shape index (κ1) is 24.4. The van der Waals surface area contributed by atoms with E-state index in [4.69, 9.17) is 10.5 Å². The number of halogens is 1. The number of nitrogens with zero attached hydrogens (tertiary/aromatic N) is 4. The molecule has 1 aliphatic heterocycles. The van der Waals surface area contributed by atoms with Crippen molar-refractivity contribution < 1.29 is 14.3 Å². The fourth-order valence-electron chi connectivity index (χ4n) is 3.46. The summed E-state index contributed by atoms with van der Waals surface area (Å²) in [6.07, 6.45) is 4.19. The minimum atomic E-state index is -0.603. The Labute approximate surface area is 191 Å². The number of amides is 2. The van der Waals surface area contributed by atoms with Crippen molar-refractivity contribution in [1.29, 1.82) is 0 Å². The van der Waals surface area contributed by atoms with Crippen molar-refractivity contribution in [2.45, 2.75) is 46.1 Å². The van der Waals surface area contributed by atoms with Gasteiger partial charge in [0.2, 0.25) is 5.88 Å². The van der Waals surface area contributed by atoms with Gasteiger partial charge in [0.15, 0.2) is 5.70 Å². The van der Waals surface area contributed by atoms with Gasteiger partial charge in [-0.05, 0) is 41.5 Å². The van der Waals surface area contributed by atoms with E-state index in [1.807, 2.05) is 33.0 Å². The summed E-state index contributed by atoms with van der Waals surface area (Å²) in [5.74, 6) is -0.699. The van der Waals surface area contributed by atoms with Crippen molar-refractivity contribution in [2.24, 2.45) is 5.73 Å². The first-order valence-corrected chi connectivity index (χ1v) is 11.2. The van der Waals surface area contributed by atoms with Gasteiger partial charge in [0.1, 0.15) is 5.56 Å². The first-order valence-electron chi connectivity index (χ1n) is 10.1. The van der Waals surface area contributed by atoms with Crippen molar-refractivity contribution in [2.75, 3.05) is 27.2 Å². The van der Waals surface area contributed by atoms with Gasteiger partial charge in [0.05, 0.1) is 18.3 Å². The van der Waals surface area contributed by atoms with Crippen LogP contribution < -0.4 is 15.8 Å². The summed E-state index contributed by atoms with van der Waals surface area (Å²) in [6, 6.07) is 1.54. The number of unbranched alkanes of at least 4 members (excludes halogenated alkanes) is 1. The van der Waals surface area contributed by atoms with Crippen molar-refractivity contribution in [3.8, 4) is 5.88 Å². The molecule has 1 atom stereocenters. The van der Waals surface area contributed by atoms with Gasteiger partial charge in [-0.15, -0.1) is 0 Å². The molecular formula is C20H31IN6O3. The third-order valence-corrected chi connectivity index (χ3v) is 5.35. The Balaban J connectivity index is 2.44. The molecule has 1 unspecified atom stereocenters. The lowest BCUT2D eigenvalue weighted by atomic mass is 10.1. The molecule has 0 aliphatic carbocycles. The normalized spacial score (nSPS) is 17.0. The van der Waals surface area contributed by atoms with Gasteiger partial charge >= 0.3 is 0 Å². The minimum absolute atomic E-state index is 0.191. The van der Waals surface area contributed by atoms with E-state index in [1.165, 1.54) is 0 Å². The number of primary amides is 1. The van der Waals surface area contributed by atoms with Crippen LogP contribution >= 0.6 is 22.6 Å². The smallest absolute Gasteiger partial charge is 0.269 e. The van der Waals surface area contributed by atoms with Gasteiger partial charge in [0.25, 0.3) is 11.8 Å². The highest BCUT2D eigenvalue weighted by Gasteiger charge is 2.41. The van der Waals surface area contributed by atoms with Crippen LogP contribution in [-0.4, -0.2) is 65.2 Å². The van der Waals surface area contributed by atoms with Crippen LogP contribution in [0.4, 0.5) is 0 Å². The largest absolute Gasteiger partial charge is 0.477 e. The average molecular weight is 530 g/mol. The zero-order chi connectivity index (χ0) is 22.4. The summed E-state index contributed by atoms with van der Waals surface area (Å²) < 4.78 is 6.55. The Hall–Kier alpha value is -1.92. The zero-order valence-corrected chi connectivity index (χ0v) is 20.4. The highest BCUT2D eigenvalue weighted by atomic mass is 127. The molecule has 0 saturated heterocycles. The lowest BCUT2D eigenvalue weighted by molar-refractivity contribution is -0.142. The summed E-state index contributed by atoms with van der Waals surface area (Å²) in [5, 5.41) is 8.44. The molecule has 1 aromatic rings. The van der Waals surface area contributed by atoms with Crippen molar-refractivity contribution >= 4 is 34.4 Å². The van der Waals surface area contributed by atoms with Crippen molar-refractivity contribution in [3.05, 3.63) is 32.8 Å². The molecule has 0 spiro atoms. The highest BCUT2D eigenvalue weighted by molar-refractivity contribution is 14.1. The van der Waals surface area contributed by atoms with Crippen LogP contribution in [0.1, 0.15) is 50.4 Å². The Kier molecular flexibility index (Phi) is 8.86. The quantitative estimate of drug-likeness (QED) is 0.353.